The minimum atomic E-state index is -0.330. The smallest absolute Gasteiger partial charge is 0.273 e. The SMILES string of the molecule is COc1cc(F)ccc1N1CCN(C(=O)c2csc(CN)n2)CC1.Cl.Cl. The van der Waals surface area contributed by atoms with Crippen molar-refractivity contribution in [1.29, 1.82) is 0 Å². The lowest BCUT2D eigenvalue weighted by molar-refractivity contribution is 0.0741. The zero-order valence-electron chi connectivity index (χ0n) is 14.2. The van der Waals surface area contributed by atoms with Crippen molar-refractivity contribution in [2.75, 3.05) is 38.2 Å². The summed E-state index contributed by atoms with van der Waals surface area (Å²) in [6, 6.07) is 4.50. The van der Waals surface area contributed by atoms with E-state index in [9.17, 15) is 9.18 Å². The van der Waals surface area contributed by atoms with Crippen molar-refractivity contribution in [3.05, 3.63) is 40.1 Å². The first-order valence-electron chi connectivity index (χ1n) is 7.64. The number of amides is 1. The maximum atomic E-state index is 13.3. The summed E-state index contributed by atoms with van der Waals surface area (Å²) in [6.07, 6.45) is 0. The summed E-state index contributed by atoms with van der Waals surface area (Å²) in [4.78, 5) is 20.6. The molecule has 1 amide bonds. The van der Waals surface area contributed by atoms with Gasteiger partial charge in [-0.2, -0.15) is 0 Å². The van der Waals surface area contributed by atoms with Crippen LogP contribution < -0.4 is 15.4 Å². The predicted octanol–water partition coefficient (Wildman–Crippen LogP) is 2.56. The zero-order valence-corrected chi connectivity index (χ0v) is 16.6. The van der Waals surface area contributed by atoms with Gasteiger partial charge in [-0.3, -0.25) is 4.79 Å². The van der Waals surface area contributed by atoms with E-state index in [1.54, 1.807) is 16.3 Å². The van der Waals surface area contributed by atoms with Gasteiger partial charge >= 0.3 is 0 Å². The molecular weight excluding hydrogens is 402 g/mol. The minimum absolute atomic E-state index is 0. The van der Waals surface area contributed by atoms with E-state index >= 15 is 0 Å². The number of thiazole rings is 1. The van der Waals surface area contributed by atoms with Crippen LogP contribution in [0, 0.1) is 5.82 Å². The van der Waals surface area contributed by atoms with E-state index in [4.69, 9.17) is 10.5 Å². The molecule has 0 aliphatic carbocycles. The third kappa shape index (κ3) is 4.76. The number of hydrogen-bond donors (Lipinski definition) is 1. The third-order valence-electron chi connectivity index (χ3n) is 3.99. The van der Waals surface area contributed by atoms with Crippen LogP contribution in [0.3, 0.4) is 0 Å². The second-order valence-corrected chi connectivity index (χ2v) is 6.37. The lowest BCUT2D eigenvalue weighted by Crippen LogP contribution is -2.49. The van der Waals surface area contributed by atoms with Gasteiger partial charge in [0.1, 0.15) is 22.3 Å². The lowest BCUT2D eigenvalue weighted by Gasteiger charge is -2.36. The Morgan fingerprint density at radius 3 is 2.58 bits per heavy atom. The van der Waals surface area contributed by atoms with Crippen molar-refractivity contribution in [2.24, 2.45) is 5.73 Å². The summed E-state index contributed by atoms with van der Waals surface area (Å²) in [5.41, 5.74) is 6.83. The molecule has 1 aromatic heterocycles. The lowest BCUT2D eigenvalue weighted by atomic mass is 10.2. The van der Waals surface area contributed by atoms with Gasteiger partial charge in [-0.05, 0) is 12.1 Å². The van der Waals surface area contributed by atoms with Crippen LogP contribution >= 0.6 is 36.2 Å². The number of aromatic nitrogens is 1. The van der Waals surface area contributed by atoms with Crippen molar-refractivity contribution in [3.63, 3.8) is 0 Å². The molecule has 2 aromatic rings. The standard InChI is InChI=1S/C16H19FN4O2S.2ClH/c1-23-14-8-11(17)2-3-13(14)20-4-6-21(7-5-20)16(22)12-10-24-15(9-18)19-12;;/h2-3,8,10H,4-7,9,18H2,1H3;2*1H. The van der Waals surface area contributed by atoms with E-state index in [1.165, 1.54) is 30.6 Å². The molecule has 2 heterocycles. The Morgan fingerprint density at radius 1 is 1.31 bits per heavy atom. The number of rotatable bonds is 4. The molecule has 2 N–H and O–H groups in total. The Kier molecular flexibility index (Phi) is 8.55. The number of anilines is 1. The first kappa shape index (κ1) is 22.4. The molecular formula is C16H21Cl2FN4O2S. The highest BCUT2D eigenvalue weighted by Crippen LogP contribution is 2.29. The third-order valence-corrected chi connectivity index (χ3v) is 4.87. The van der Waals surface area contributed by atoms with Crippen molar-refractivity contribution in [3.8, 4) is 5.75 Å². The van der Waals surface area contributed by atoms with Gasteiger partial charge in [0.2, 0.25) is 0 Å². The first-order valence-corrected chi connectivity index (χ1v) is 8.52. The van der Waals surface area contributed by atoms with Gasteiger partial charge in [-0.1, -0.05) is 0 Å². The maximum absolute atomic E-state index is 13.3. The number of carbonyl (C=O) groups excluding carboxylic acids is 1. The molecule has 1 aromatic carbocycles. The largest absolute Gasteiger partial charge is 0.494 e. The van der Waals surface area contributed by atoms with Crippen LogP contribution in [0.2, 0.25) is 0 Å². The highest BCUT2D eigenvalue weighted by Gasteiger charge is 2.25. The molecule has 0 unspecified atom stereocenters. The Labute approximate surface area is 168 Å². The number of hydrogen-bond acceptors (Lipinski definition) is 6. The Bertz CT molecular complexity index is 739. The van der Waals surface area contributed by atoms with Gasteiger partial charge in [0.05, 0.1) is 12.8 Å². The summed E-state index contributed by atoms with van der Waals surface area (Å²) in [6.45, 7) is 2.81. The van der Waals surface area contributed by atoms with Crippen molar-refractivity contribution in [1.82, 2.24) is 9.88 Å². The minimum Gasteiger partial charge on any atom is -0.494 e. The number of ether oxygens (including phenoxy) is 1. The van der Waals surface area contributed by atoms with Gasteiger partial charge < -0.3 is 20.3 Å². The van der Waals surface area contributed by atoms with E-state index in [0.29, 0.717) is 44.2 Å². The molecule has 6 nitrogen and oxygen atoms in total. The van der Waals surface area contributed by atoms with E-state index < -0.39 is 0 Å². The second kappa shape index (κ2) is 9.91. The van der Waals surface area contributed by atoms with Crippen molar-refractivity contribution >= 4 is 47.7 Å². The monoisotopic (exact) mass is 422 g/mol. The molecule has 0 radical (unpaired) electrons. The molecule has 0 bridgehead atoms. The van der Waals surface area contributed by atoms with Crippen LogP contribution in [0.15, 0.2) is 23.6 Å². The average Bonchev–Trinajstić information content (AvgIpc) is 3.10. The van der Waals surface area contributed by atoms with Gasteiger partial charge in [-0.25, -0.2) is 9.37 Å². The number of halogens is 3. The molecule has 1 aliphatic rings. The van der Waals surface area contributed by atoms with E-state index in [0.717, 1.165) is 10.7 Å². The van der Waals surface area contributed by atoms with Gasteiger partial charge in [0.25, 0.3) is 5.91 Å². The molecule has 26 heavy (non-hydrogen) atoms. The maximum Gasteiger partial charge on any atom is 0.273 e. The van der Waals surface area contributed by atoms with Crippen LogP contribution in [0.4, 0.5) is 10.1 Å². The van der Waals surface area contributed by atoms with E-state index in [1.807, 2.05) is 0 Å². The van der Waals surface area contributed by atoms with E-state index in [-0.39, 0.29) is 36.5 Å². The summed E-state index contributed by atoms with van der Waals surface area (Å²) >= 11 is 1.40. The average molecular weight is 423 g/mol. The van der Waals surface area contributed by atoms with Crippen LogP contribution in [0.5, 0.6) is 5.75 Å². The fourth-order valence-electron chi connectivity index (χ4n) is 2.73. The number of nitrogens with two attached hydrogens (primary N) is 1. The van der Waals surface area contributed by atoms with E-state index in [2.05, 4.69) is 9.88 Å². The molecule has 0 saturated carbocycles. The van der Waals surface area contributed by atoms with Crippen LogP contribution in [0.1, 0.15) is 15.5 Å². The number of nitrogens with zero attached hydrogens (tertiary/aromatic N) is 3. The molecule has 10 heteroatoms. The van der Waals surface area contributed by atoms with Crippen LogP contribution in [-0.4, -0.2) is 49.1 Å². The van der Waals surface area contributed by atoms with Crippen molar-refractivity contribution < 1.29 is 13.9 Å². The molecule has 1 aliphatic heterocycles. The molecule has 144 valence electrons. The Balaban J connectivity index is 0.00000169. The molecule has 1 fully saturated rings. The van der Waals surface area contributed by atoms with Gasteiger partial charge in [0.15, 0.2) is 0 Å². The Morgan fingerprint density at radius 2 is 2.00 bits per heavy atom. The normalized spacial score (nSPS) is 13.7. The Hall–Kier alpha value is -1.61. The molecule has 0 spiro atoms. The number of carbonyl (C=O) groups is 1. The van der Waals surface area contributed by atoms with Crippen molar-refractivity contribution in [2.45, 2.75) is 6.54 Å². The van der Waals surface area contributed by atoms with Gasteiger partial charge in [0, 0.05) is 44.2 Å². The number of piperazine rings is 1. The molecule has 3 rings (SSSR count). The highest BCUT2D eigenvalue weighted by atomic mass is 35.5. The molecule has 0 atom stereocenters. The zero-order chi connectivity index (χ0) is 17.1. The van der Waals surface area contributed by atoms with Crippen LogP contribution in [0.25, 0.3) is 0 Å². The van der Waals surface area contributed by atoms with Gasteiger partial charge in [-0.15, -0.1) is 36.2 Å². The summed E-state index contributed by atoms with van der Waals surface area (Å²) in [7, 11) is 1.52. The predicted molar refractivity (Wildman–Crippen MR) is 106 cm³/mol. The first-order chi connectivity index (χ1) is 11.6. The summed E-state index contributed by atoms with van der Waals surface area (Å²) in [5, 5.41) is 2.51. The summed E-state index contributed by atoms with van der Waals surface area (Å²) in [5.74, 6) is 0.0993. The summed E-state index contributed by atoms with van der Waals surface area (Å²) < 4.78 is 18.6. The second-order valence-electron chi connectivity index (χ2n) is 5.43. The fraction of sp³-hybridized carbons (Fsp3) is 0.375. The quantitative estimate of drug-likeness (QED) is 0.819. The topological polar surface area (TPSA) is 71.7 Å². The highest BCUT2D eigenvalue weighted by molar-refractivity contribution is 7.09. The fourth-order valence-corrected chi connectivity index (χ4v) is 3.38. The van der Waals surface area contributed by atoms with Crippen LogP contribution in [-0.2, 0) is 6.54 Å². The number of methoxy groups -OCH3 is 1. The number of benzene rings is 1. The molecule has 1 saturated heterocycles.